The van der Waals surface area contributed by atoms with E-state index in [2.05, 4.69) is 4.74 Å². The number of ketones is 1. The van der Waals surface area contributed by atoms with Crippen molar-refractivity contribution in [2.75, 3.05) is 5.73 Å². The van der Waals surface area contributed by atoms with Crippen molar-refractivity contribution in [1.29, 1.82) is 0 Å². The van der Waals surface area contributed by atoms with E-state index in [0.29, 0.717) is 0 Å². The molecule has 1 aromatic carbocycles. The van der Waals surface area contributed by atoms with Gasteiger partial charge in [0.2, 0.25) is 0 Å². The van der Waals surface area contributed by atoms with Gasteiger partial charge in [-0.2, -0.15) is 8.78 Å². The molecule has 0 aliphatic heterocycles. The Balaban J connectivity index is 3.22. The zero-order valence-corrected chi connectivity index (χ0v) is 7.76. The third kappa shape index (κ3) is 2.61. The molecule has 82 valence electrons. The number of nitrogens with two attached hydrogens (primary N) is 1. The van der Waals surface area contributed by atoms with Gasteiger partial charge in [-0.25, -0.2) is 4.39 Å². The fraction of sp³-hybridized carbons (Fsp3) is 0.222. The monoisotopic (exact) mass is 219 g/mol. The molecule has 6 heteroatoms. The van der Waals surface area contributed by atoms with Crippen LogP contribution in [0.25, 0.3) is 0 Å². The van der Waals surface area contributed by atoms with Gasteiger partial charge in [0.15, 0.2) is 17.3 Å². The maximum atomic E-state index is 13.3. The van der Waals surface area contributed by atoms with E-state index in [0.717, 1.165) is 19.1 Å². The van der Waals surface area contributed by atoms with Crippen molar-refractivity contribution in [3.05, 3.63) is 23.5 Å². The zero-order chi connectivity index (χ0) is 11.6. The summed E-state index contributed by atoms with van der Waals surface area (Å²) in [5.74, 6) is -2.47. The number of hydrogen-bond donors (Lipinski definition) is 1. The molecule has 0 atom stereocenters. The van der Waals surface area contributed by atoms with Crippen LogP contribution >= 0.6 is 0 Å². The molecule has 15 heavy (non-hydrogen) atoms. The molecule has 0 saturated carbocycles. The Kier molecular flexibility index (Phi) is 3.18. The lowest BCUT2D eigenvalue weighted by Crippen LogP contribution is -2.07. The average molecular weight is 219 g/mol. The molecule has 2 N–H and O–H groups in total. The Morgan fingerprint density at radius 3 is 2.53 bits per heavy atom. The Labute approximate surface area is 83.6 Å². The summed E-state index contributed by atoms with van der Waals surface area (Å²) in [6.07, 6.45) is 0. The van der Waals surface area contributed by atoms with E-state index in [-0.39, 0.29) is 11.3 Å². The molecule has 0 radical (unpaired) electrons. The summed E-state index contributed by atoms with van der Waals surface area (Å²) in [5.41, 5.74) is 4.91. The third-order valence-corrected chi connectivity index (χ3v) is 1.66. The summed E-state index contributed by atoms with van der Waals surface area (Å²) < 4.78 is 40.9. The number of benzene rings is 1. The Morgan fingerprint density at radius 2 is 2.07 bits per heavy atom. The quantitative estimate of drug-likeness (QED) is 0.626. The minimum absolute atomic E-state index is 0.0164. The number of halogens is 3. The molecule has 0 unspecified atom stereocenters. The van der Waals surface area contributed by atoms with Gasteiger partial charge in [-0.1, -0.05) is 0 Å². The minimum Gasteiger partial charge on any atom is -0.432 e. The van der Waals surface area contributed by atoms with Crippen LogP contribution in [0, 0.1) is 5.82 Å². The van der Waals surface area contributed by atoms with Crippen LogP contribution in [0.5, 0.6) is 5.75 Å². The minimum atomic E-state index is -3.17. The van der Waals surface area contributed by atoms with Gasteiger partial charge in [0.1, 0.15) is 0 Å². The lowest BCUT2D eigenvalue weighted by atomic mass is 10.1. The molecule has 0 saturated heterocycles. The summed E-state index contributed by atoms with van der Waals surface area (Å²) in [4.78, 5) is 10.9. The number of hydrogen-bond acceptors (Lipinski definition) is 3. The van der Waals surface area contributed by atoms with Crippen LogP contribution in [-0.2, 0) is 0 Å². The Morgan fingerprint density at radius 1 is 1.47 bits per heavy atom. The molecule has 0 aromatic heterocycles. The third-order valence-electron chi connectivity index (χ3n) is 1.66. The van der Waals surface area contributed by atoms with Crippen molar-refractivity contribution < 1.29 is 22.7 Å². The van der Waals surface area contributed by atoms with Gasteiger partial charge in [0.05, 0.1) is 5.56 Å². The second-order valence-corrected chi connectivity index (χ2v) is 2.82. The number of ether oxygens (including phenoxy) is 1. The van der Waals surface area contributed by atoms with Crippen molar-refractivity contribution >= 4 is 11.5 Å². The van der Waals surface area contributed by atoms with Gasteiger partial charge in [0, 0.05) is 11.8 Å². The highest BCUT2D eigenvalue weighted by Gasteiger charge is 2.17. The maximum absolute atomic E-state index is 13.3. The lowest BCUT2D eigenvalue weighted by Gasteiger charge is -2.09. The standard InChI is InChI=1S/C9H8F3NO2/c1-4(14)6-2-5(13)3-7(8(6)10)15-9(11)12/h2-3,9H,13H2,1H3. The van der Waals surface area contributed by atoms with Crippen LogP contribution < -0.4 is 10.5 Å². The second-order valence-electron chi connectivity index (χ2n) is 2.82. The molecule has 0 amide bonds. The first kappa shape index (κ1) is 11.4. The second kappa shape index (κ2) is 4.20. The molecule has 0 bridgehead atoms. The normalized spacial score (nSPS) is 10.5. The molecule has 3 nitrogen and oxygen atoms in total. The topological polar surface area (TPSA) is 52.3 Å². The molecule has 0 aliphatic rings. The number of alkyl halides is 2. The first-order valence-corrected chi connectivity index (χ1v) is 3.96. The van der Waals surface area contributed by atoms with Crippen molar-refractivity contribution in [2.24, 2.45) is 0 Å². The number of Topliss-reactive ketones (excluding diaryl/α,β-unsaturated/α-hetero) is 1. The van der Waals surface area contributed by atoms with Gasteiger partial charge in [-0.3, -0.25) is 4.79 Å². The van der Waals surface area contributed by atoms with E-state index < -0.39 is 24.0 Å². The summed E-state index contributed by atoms with van der Waals surface area (Å²) in [6, 6.07) is 1.96. The highest BCUT2D eigenvalue weighted by Crippen LogP contribution is 2.26. The molecular weight excluding hydrogens is 211 g/mol. The van der Waals surface area contributed by atoms with E-state index in [1.165, 1.54) is 0 Å². The zero-order valence-electron chi connectivity index (χ0n) is 7.76. The first-order chi connectivity index (χ1) is 6.91. The highest BCUT2D eigenvalue weighted by atomic mass is 19.3. The molecule has 1 aromatic rings. The van der Waals surface area contributed by atoms with Gasteiger partial charge in [0.25, 0.3) is 0 Å². The molecule has 0 aliphatic carbocycles. The number of anilines is 1. The van der Waals surface area contributed by atoms with Gasteiger partial charge in [-0.15, -0.1) is 0 Å². The van der Waals surface area contributed by atoms with E-state index >= 15 is 0 Å². The van der Waals surface area contributed by atoms with Crippen molar-refractivity contribution in [3.8, 4) is 5.75 Å². The van der Waals surface area contributed by atoms with Crippen LogP contribution in [0.2, 0.25) is 0 Å². The molecule has 1 rings (SSSR count). The fourth-order valence-electron chi connectivity index (χ4n) is 1.06. The largest absolute Gasteiger partial charge is 0.432 e. The summed E-state index contributed by atoms with van der Waals surface area (Å²) in [5, 5.41) is 0. The number of carbonyl (C=O) groups excluding carboxylic acids is 1. The SMILES string of the molecule is CC(=O)c1cc(N)cc(OC(F)F)c1F. The predicted molar refractivity (Wildman–Crippen MR) is 47.4 cm³/mol. The fourth-order valence-corrected chi connectivity index (χ4v) is 1.06. The lowest BCUT2D eigenvalue weighted by molar-refractivity contribution is -0.0522. The maximum Gasteiger partial charge on any atom is 0.387 e. The van der Waals surface area contributed by atoms with E-state index in [1.807, 2.05) is 0 Å². The smallest absolute Gasteiger partial charge is 0.387 e. The van der Waals surface area contributed by atoms with Gasteiger partial charge < -0.3 is 10.5 Å². The van der Waals surface area contributed by atoms with Gasteiger partial charge in [-0.05, 0) is 13.0 Å². The van der Waals surface area contributed by atoms with E-state index in [9.17, 15) is 18.0 Å². The van der Waals surface area contributed by atoms with Crippen molar-refractivity contribution in [2.45, 2.75) is 13.5 Å². The summed E-state index contributed by atoms with van der Waals surface area (Å²) in [6.45, 7) is -2.06. The Hall–Kier alpha value is -1.72. The molecular formula is C9H8F3NO2. The van der Waals surface area contributed by atoms with Crippen LogP contribution in [-0.4, -0.2) is 12.4 Å². The number of rotatable bonds is 3. The molecule has 0 spiro atoms. The van der Waals surface area contributed by atoms with E-state index in [1.54, 1.807) is 0 Å². The number of nitrogen functional groups attached to an aromatic ring is 1. The Bertz CT molecular complexity index is 393. The summed E-state index contributed by atoms with van der Waals surface area (Å²) >= 11 is 0. The van der Waals surface area contributed by atoms with Crippen molar-refractivity contribution in [3.63, 3.8) is 0 Å². The average Bonchev–Trinajstić information content (AvgIpc) is 2.09. The van der Waals surface area contributed by atoms with Crippen LogP contribution in [0.1, 0.15) is 17.3 Å². The molecule has 0 heterocycles. The number of carbonyl (C=O) groups is 1. The van der Waals surface area contributed by atoms with Crippen LogP contribution in [0.3, 0.4) is 0 Å². The predicted octanol–water partition coefficient (Wildman–Crippen LogP) is 2.21. The first-order valence-electron chi connectivity index (χ1n) is 3.96. The summed E-state index contributed by atoms with van der Waals surface area (Å²) in [7, 11) is 0. The van der Waals surface area contributed by atoms with Gasteiger partial charge >= 0.3 is 6.61 Å². The van der Waals surface area contributed by atoms with Crippen LogP contribution in [0.15, 0.2) is 12.1 Å². The molecule has 0 fully saturated rings. The highest BCUT2D eigenvalue weighted by molar-refractivity contribution is 5.95. The van der Waals surface area contributed by atoms with E-state index in [4.69, 9.17) is 5.73 Å². The van der Waals surface area contributed by atoms with Crippen molar-refractivity contribution in [1.82, 2.24) is 0 Å². The van der Waals surface area contributed by atoms with Crippen LogP contribution in [0.4, 0.5) is 18.9 Å².